The van der Waals surface area contributed by atoms with Crippen LogP contribution in [0.4, 0.5) is 23.5 Å². The highest BCUT2D eigenvalue weighted by atomic mass is 127. The van der Waals surface area contributed by atoms with Gasteiger partial charge in [0.1, 0.15) is 23.0 Å². The number of phenols is 1. The Bertz CT molecular complexity index is 1600. The fraction of sp³-hybridized carbons (Fsp3) is 0.310. The van der Waals surface area contributed by atoms with Gasteiger partial charge in [-0.1, -0.05) is 34.6 Å². The van der Waals surface area contributed by atoms with Gasteiger partial charge in [-0.2, -0.15) is 9.97 Å². The third-order valence-corrected chi connectivity index (χ3v) is 7.60. The maximum Gasteiger partial charge on any atom is 0.245 e. The molecule has 13 nitrogen and oxygen atoms in total. The molecule has 2 aromatic heterocycles. The van der Waals surface area contributed by atoms with E-state index in [1.54, 1.807) is 12.1 Å². The van der Waals surface area contributed by atoms with Gasteiger partial charge < -0.3 is 46.7 Å². The predicted octanol–water partition coefficient (Wildman–Crippen LogP) is 5.78. The monoisotopic (exact) mass is 860 g/mol. The molecule has 9 N–H and O–H groups in total. The van der Waals surface area contributed by atoms with Gasteiger partial charge in [-0.3, -0.25) is 0 Å². The number of benzene rings is 2. The number of aromatic hydroxyl groups is 1. The van der Waals surface area contributed by atoms with E-state index >= 15 is 0 Å². The van der Waals surface area contributed by atoms with Crippen LogP contribution in [0.1, 0.15) is 64.0 Å². The van der Waals surface area contributed by atoms with Crippen LogP contribution in [0.25, 0.3) is 0 Å². The first kappa shape index (κ1) is 37.7. The van der Waals surface area contributed by atoms with Crippen molar-refractivity contribution >= 4 is 78.8 Å². The van der Waals surface area contributed by atoms with Crippen LogP contribution < -0.4 is 37.1 Å². The fourth-order valence-electron chi connectivity index (χ4n) is 3.70. The Kier molecular flexibility index (Phi) is 14.9. The van der Waals surface area contributed by atoms with Crippen molar-refractivity contribution < 1.29 is 23.8 Å². The molecule has 0 unspecified atom stereocenters. The SMILES string of the molecule is CC(C)c1cc(O)c(I)cc1Oc1cnc(N)nc1N.CCCOc1cc(C(C)C)c(Oc2cnc(N)nc2N)cc1I.O=[SiH2]. The molecule has 45 heavy (non-hydrogen) atoms. The third kappa shape index (κ3) is 10.8. The summed E-state index contributed by atoms with van der Waals surface area (Å²) in [5, 5.41) is 9.80. The lowest BCUT2D eigenvalue weighted by Gasteiger charge is -2.17. The molecule has 0 aliphatic carbocycles. The highest BCUT2D eigenvalue weighted by Crippen LogP contribution is 2.39. The highest BCUT2D eigenvalue weighted by Gasteiger charge is 2.17. The largest absolute Gasteiger partial charge is 0.507 e. The van der Waals surface area contributed by atoms with Crippen LogP contribution in [0.3, 0.4) is 0 Å². The van der Waals surface area contributed by atoms with Crippen molar-refractivity contribution in [3.05, 3.63) is 54.9 Å². The quantitative estimate of drug-likeness (QED) is 0.0997. The molecule has 0 fully saturated rings. The minimum atomic E-state index is 0.0965. The first-order valence-corrected chi connectivity index (χ1v) is 16.4. The molecule has 0 radical (unpaired) electrons. The molecule has 242 valence electrons. The Morgan fingerprint density at radius 2 is 1.18 bits per heavy atom. The van der Waals surface area contributed by atoms with E-state index in [0.717, 1.165) is 26.9 Å². The van der Waals surface area contributed by atoms with Gasteiger partial charge in [-0.25, -0.2) is 9.97 Å². The first-order valence-electron chi connectivity index (χ1n) is 13.7. The van der Waals surface area contributed by atoms with Crippen LogP contribution in [0.15, 0.2) is 36.7 Å². The predicted molar refractivity (Wildman–Crippen MR) is 195 cm³/mol. The number of ether oxygens (including phenoxy) is 3. The van der Waals surface area contributed by atoms with Crippen LogP contribution in [0.2, 0.25) is 0 Å². The molecular formula is C29H38I2N8O5Si. The van der Waals surface area contributed by atoms with Crippen LogP contribution in [-0.4, -0.2) is 41.8 Å². The van der Waals surface area contributed by atoms with E-state index in [2.05, 4.69) is 63.3 Å². The van der Waals surface area contributed by atoms with Gasteiger partial charge in [0.05, 0.1) is 26.1 Å². The Morgan fingerprint density at radius 3 is 1.60 bits per heavy atom. The summed E-state index contributed by atoms with van der Waals surface area (Å²) in [6.45, 7) is 11.0. The standard InChI is InChI=1S/C16H21IN4O2.C13H15IN4O2.H2OSi/c1-4-5-22-13-6-10(9(2)3)12(7-11(13)17)23-14-8-20-16(19)21-15(14)18;1-6(2)7-3-9(19)8(14)4-10(7)20-11-5-17-13(16)18-12(11)15;1-2/h6-9H,4-5H2,1-3H3,(H4,18,19,20,21);3-6,19H,1-2H3,(H4,15,16,17,18);2H2. The van der Waals surface area contributed by atoms with Gasteiger partial charge in [0.2, 0.25) is 22.0 Å². The Hall–Kier alpha value is -3.52. The zero-order valence-electron chi connectivity index (χ0n) is 25.7. The minimum Gasteiger partial charge on any atom is -0.507 e. The molecule has 0 amide bonds. The maximum absolute atomic E-state index is 9.80. The van der Waals surface area contributed by atoms with E-state index < -0.39 is 0 Å². The van der Waals surface area contributed by atoms with E-state index in [1.165, 1.54) is 12.4 Å². The van der Waals surface area contributed by atoms with E-state index in [9.17, 15) is 5.11 Å². The Balaban J connectivity index is 0.000000300. The number of halogens is 2. The highest BCUT2D eigenvalue weighted by molar-refractivity contribution is 14.1. The van der Waals surface area contributed by atoms with Gasteiger partial charge >= 0.3 is 0 Å². The minimum absolute atomic E-state index is 0.0965. The number of hydrogen-bond donors (Lipinski definition) is 5. The normalized spacial score (nSPS) is 10.4. The molecular weight excluding hydrogens is 822 g/mol. The van der Waals surface area contributed by atoms with Gasteiger partial charge in [-0.15, -0.1) is 0 Å². The number of aromatic nitrogens is 4. The van der Waals surface area contributed by atoms with Crippen molar-refractivity contribution in [1.82, 2.24) is 19.9 Å². The molecule has 0 bridgehead atoms. The van der Waals surface area contributed by atoms with E-state index in [1.807, 2.05) is 48.6 Å². The summed E-state index contributed by atoms with van der Waals surface area (Å²) in [5.41, 5.74) is 24.5. The van der Waals surface area contributed by atoms with Crippen molar-refractivity contribution in [2.75, 3.05) is 29.5 Å². The molecule has 0 atom stereocenters. The average molecular weight is 861 g/mol. The van der Waals surface area contributed by atoms with Crippen LogP contribution in [-0.2, 0) is 4.46 Å². The average Bonchev–Trinajstić information content (AvgIpc) is 2.98. The molecule has 0 saturated carbocycles. The third-order valence-electron chi connectivity index (χ3n) is 5.89. The molecule has 4 rings (SSSR count). The molecule has 0 aliphatic rings. The molecule has 0 saturated heterocycles. The number of nitrogen functional groups attached to an aromatic ring is 4. The molecule has 2 aromatic carbocycles. The van der Waals surface area contributed by atoms with Crippen molar-refractivity contribution in [1.29, 1.82) is 0 Å². The van der Waals surface area contributed by atoms with Crippen molar-refractivity contribution in [3.63, 3.8) is 0 Å². The van der Waals surface area contributed by atoms with Crippen LogP contribution in [0.5, 0.6) is 34.5 Å². The number of rotatable bonds is 9. The molecule has 2 heterocycles. The van der Waals surface area contributed by atoms with E-state index in [0.29, 0.717) is 43.3 Å². The lowest BCUT2D eigenvalue weighted by atomic mass is 10.0. The fourth-order valence-corrected chi connectivity index (χ4v) is 4.74. The number of phenolic OH excluding ortho intramolecular Hbond substituents is 1. The van der Waals surface area contributed by atoms with E-state index in [4.69, 9.17) is 41.6 Å². The number of nitrogens with zero attached hydrogens (tertiary/aromatic N) is 4. The van der Waals surface area contributed by atoms with Gasteiger partial charge in [0.25, 0.3) is 0 Å². The van der Waals surface area contributed by atoms with E-state index in [-0.39, 0.29) is 41.1 Å². The van der Waals surface area contributed by atoms with Gasteiger partial charge in [-0.05, 0) is 87.7 Å². The molecule has 0 spiro atoms. The lowest BCUT2D eigenvalue weighted by molar-refractivity contribution is 0.314. The number of hydrogen-bond acceptors (Lipinski definition) is 13. The molecule has 4 aromatic rings. The number of nitrogens with two attached hydrogens (primary N) is 4. The van der Waals surface area contributed by atoms with Gasteiger partial charge in [0, 0.05) is 11.1 Å². The smallest absolute Gasteiger partial charge is 0.245 e. The van der Waals surface area contributed by atoms with Crippen LogP contribution in [0, 0.1) is 7.14 Å². The summed E-state index contributed by atoms with van der Waals surface area (Å²) in [4.78, 5) is 15.6. The summed E-state index contributed by atoms with van der Waals surface area (Å²) in [5.74, 6) is 4.20. The summed E-state index contributed by atoms with van der Waals surface area (Å²) < 4.78 is 27.4. The summed E-state index contributed by atoms with van der Waals surface area (Å²) in [6.07, 6.45) is 3.88. The second-order valence-electron chi connectivity index (χ2n) is 9.98. The lowest BCUT2D eigenvalue weighted by Crippen LogP contribution is -2.04. The maximum atomic E-state index is 9.80. The number of anilines is 4. The second kappa shape index (κ2) is 17.8. The van der Waals surface area contributed by atoms with Crippen LogP contribution >= 0.6 is 45.2 Å². The van der Waals surface area contributed by atoms with Crippen molar-refractivity contribution in [3.8, 4) is 34.5 Å². The summed E-state index contributed by atoms with van der Waals surface area (Å²) in [7, 11) is 0.611. The molecule has 16 heteroatoms. The summed E-state index contributed by atoms with van der Waals surface area (Å²) in [6, 6.07) is 7.40. The zero-order valence-corrected chi connectivity index (χ0v) is 31.4. The second-order valence-corrected chi connectivity index (χ2v) is 12.3. The topological polar surface area (TPSA) is 221 Å². The van der Waals surface area contributed by atoms with Gasteiger partial charge in [0.15, 0.2) is 23.1 Å². The first-order chi connectivity index (χ1) is 21.3. The molecule has 0 aliphatic heterocycles. The Labute approximate surface area is 292 Å². The Morgan fingerprint density at radius 1 is 0.733 bits per heavy atom. The summed E-state index contributed by atoms with van der Waals surface area (Å²) >= 11 is 4.27. The van der Waals surface area contributed by atoms with Crippen molar-refractivity contribution in [2.24, 2.45) is 0 Å². The van der Waals surface area contributed by atoms with Crippen molar-refractivity contribution in [2.45, 2.75) is 52.9 Å². The zero-order chi connectivity index (χ0) is 33.8.